The molecule has 7 nitrogen and oxygen atoms in total. The number of carbonyl (C=O) groups excluding carboxylic acids is 2. The fraction of sp³-hybridized carbons (Fsp3) is 0.778. The average Bonchev–Trinajstić information content (AvgIpc) is 3.00. The van der Waals surface area contributed by atoms with Crippen molar-refractivity contribution >= 4 is 11.8 Å². The summed E-state index contributed by atoms with van der Waals surface area (Å²) in [6, 6.07) is 0. The number of hydrogen-bond donors (Lipinski definition) is 1. The molecule has 1 aromatic rings. The van der Waals surface area contributed by atoms with Crippen molar-refractivity contribution < 1.29 is 14.1 Å². The van der Waals surface area contributed by atoms with Crippen LogP contribution < -0.4 is 5.32 Å². The Labute approximate surface area is 146 Å². The maximum atomic E-state index is 12.8. The van der Waals surface area contributed by atoms with E-state index in [2.05, 4.69) is 10.5 Å². The number of carbonyl (C=O) groups is 2. The molecule has 0 spiro atoms. The minimum Gasteiger partial charge on any atom is -0.355 e. The van der Waals surface area contributed by atoms with Crippen molar-refractivity contribution in [1.82, 2.24) is 20.4 Å². The number of nitrogens with one attached hydrogen (secondary N) is 1. The molecular weight excluding hydrogens is 320 g/mol. The van der Waals surface area contributed by atoms with E-state index < -0.39 is 0 Å². The van der Waals surface area contributed by atoms with Gasteiger partial charge in [-0.1, -0.05) is 11.6 Å². The lowest BCUT2D eigenvalue weighted by Gasteiger charge is -2.25. The summed E-state index contributed by atoms with van der Waals surface area (Å²) in [6.07, 6.45) is 7.04. The molecule has 0 bridgehead atoms. The molecule has 5 rings (SSSR count). The third kappa shape index (κ3) is 2.55. The lowest BCUT2D eigenvalue weighted by atomic mass is 9.80. The number of hydrogen-bond acceptors (Lipinski definition) is 5. The van der Waals surface area contributed by atoms with Crippen LogP contribution in [0.1, 0.15) is 50.2 Å². The topological polar surface area (TPSA) is 88.3 Å². The molecule has 0 unspecified atom stereocenters. The molecule has 0 aromatic carbocycles. The zero-order chi connectivity index (χ0) is 17.0. The highest BCUT2D eigenvalue weighted by Crippen LogP contribution is 2.50. The molecule has 2 aliphatic heterocycles. The summed E-state index contributed by atoms with van der Waals surface area (Å²) in [6.45, 7) is 1.88. The van der Waals surface area contributed by atoms with Gasteiger partial charge in [0.2, 0.25) is 17.7 Å². The molecule has 3 heterocycles. The van der Waals surface area contributed by atoms with Crippen LogP contribution >= 0.6 is 0 Å². The van der Waals surface area contributed by atoms with E-state index in [0.29, 0.717) is 25.4 Å². The van der Waals surface area contributed by atoms with Crippen molar-refractivity contribution in [3.63, 3.8) is 0 Å². The van der Waals surface area contributed by atoms with E-state index in [-0.39, 0.29) is 23.1 Å². The summed E-state index contributed by atoms with van der Waals surface area (Å²) in [5.74, 6) is 2.57. The van der Waals surface area contributed by atoms with Gasteiger partial charge in [0, 0.05) is 32.5 Å². The molecule has 134 valence electrons. The van der Waals surface area contributed by atoms with Gasteiger partial charge in [-0.2, -0.15) is 4.98 Å². The molecular formula is C18H24N4O3. The monoisotopic (exact) mass is 344 g/mol. The fourth-order valence-electron chi connectivity index (χ4n) is 4.96. The molecule has 1 aromatic heterocycles. The van der Waals surface area contributed by atoms with Gasteiger partial charge in [-0.05, 0) is 37.5 Å². The maximum Gasteiger partial charge on any atom is 0.235 e. The summed E-state index contributed by atoms with van der Waals surface area (Å²) in [5, 5.41) is 6.97. The highest BCUT2D eigenvalue weighted by molar-refractivity contribution is 5.89. The Morgan fingerprint density at radius 3 is 3.00 bits per heavy atom. The smallest absolute Gasteiger partial charge is 0.235 e. The SMILES string of the molecule is O=C1C[C@@H](C(=O)N2C[C@H]3CCC[C@@]3(c3nc(CC4CC4)no3)C2)CN1. The van der Waals surface area contributed by atoms with Gasteiger partial charge in [-0.3, -0.25) is 9.59 Å². The van der Waals surface area contributed by atoms with Crippen LogP contribution in [-0.2, 0) is 21.4 Å². The molecule has 1 N–H and O–H groups in total. The predicted molar refractivity (Wildman–Crippen MR) is 87.4 cm³/mol. The Kier molecular flexibility index (Phi) is 3.40. The van der Waals surface area contributed by atoms with E-state index in [4.69, 9.17) is 9.51 Å². The maximum absolute atomic E-state index is 12.8. The lowest BCUT2D eigenvalue weighted by Crippen LogP contribution is -2.38. The Bertz CT molecular complexity index is 713. The second kappa shape index (κ2) is 5.54. The van der Waals surface area contributed by atoms with Crippen LogP contribution in [0.25, 0.3) is 0 Å². The quantitative estimate of drug-likeness (QED) is 0.882. The molecule has 7 heteroatoms. The first-order valence-corrected chi connectivity index (χ1v) is 9.52. The largest absolute Gasteiger partial charge is 0.355 e. The van der Waals surface area contributed by atoms with Crippen LogP contribution in [0.4, 0.5) is 0 Å². The Morgan fingerprint density at radius 1 is 1.36 bits per heavy atom. The van der Waals surface area contributed by atoms with Gasteiger partial charge >= 0.3 is 0 Å². The molecule has 0 radical (unpaired) electrons. The first-order chi connectivity index (χ1) is 12.1. The van der Waals surface area contributed by atoms with E-state index in [1.54, 1.807) is 0 Å². The third-order valence-electron chi connectivity index (χ3n) is 6.57. The zero-order valence-corrected chi connectivity index (χ0v) is 14.4. The normalized spacial score (nSPS) is 34.4. The second-order valence-corrected chi connectivity index (χ2v) is 8.33. The van der Waals surface area contributed by atoms with Gasteiger partial charge in [0.05, 0.1) is 11.3 Å². The van der Waals surface area contributed by atoms with E-state index >= 15 is 0 Å². The van der Waals surface area contributed by atoms with Gasteiger partial charge in [-0.25, -0.2) is 0 Å². The molecule has 25 heavy (non-hydrogen) atoms. The summed E-state index contributed by atoms with van der Waals surface area (Å²) in [7, 11) is 0. The van der Waals surface area contributed by atoms with Crippen molar-refractivity contribution in [3.05, 3.63) is 11.7 Å². The number of fused-ring (bicyclic) bond motifs is 1. The van der Waals surface area contributed by atoms with Gasteiger partial charge < -0.3 is 14.7 Å². The first-order valence-electron chi connectivity index (χ1n) is 9.52. The Hall–Kier alpha value is -1.92. The third-order valence-corrected chi connectivity index (χ3v) is 6.57. The lowest BCUT2D eigenvalue weighted by molar-refractivity contribution is -0.135. The minimum absolute atomic E-state index is 0.0194. The summed E-state index contributed by atoms with van der Waals surface area (Å²) >= 11 is 0. The van der Waals surface area contributed by atoms with Crippen LogP contribution in [0.15, 0.2) is 4.52 Å². The first kappa shape index (κ1) is 15.3. The van der Waals surface area contributed by atoms with Crippen LogP contribution in [0.5, 0.6) is 0 Å². The van der Waals surface area contributed by atoms with Crippen LogP contribution in [0, 0.1) is 17.8 Å². The Morgan fingerprint density at radius 2 is 2.24 bits per heavy atom. The van der Waals surface area contributed by atoms with E-state index in [1.807, 2.05) is 4.90 Å². The van der Waals surface area contributed by atoms with Crippen molar-refractivity contribution in [1.29, 1.82) is 0 Å². The number of nitrogens with zero attached hydrogens (tertiary/aromatic N) is 3. The van der Waals surface area contributed by atoms with Crippen molar-refractivity contribution in [2.45, 2.75) is 50.4 Å². The van der Waals surface area contributed by atoms with E-state index in [1.165, 1.54) is 12.8 Å². The highest BCUT2D eigenvalue weighted by Gasteiger charge is 2.55. The summed E-state index contributed by atoms with van der Waals surface area (Å²) < 4.78 is 5.69. The predicted octanol–water partition coefficient (Wildman–Crippen LogP) is 1.04. The molecule has 4 aliphatic rings. The average molecular weight is 344 g/mol. The molecule has 2 saturated heterocycles. The van der Waals surface area contributed by atoms with Gasteiger partial charge in [0.25, 0.3) is 0 Å². The molecule has 2 aliphatic carbocycles. The second-order valence-electron chi connectivity index (χ2n) is 8.33. The van der Waals surface area contributed by atoms with Crippen LogP contribution in [-0.4, -0.2) is 46.5 Å². The highest BCUT2D eigenvalue weighted by atomic mass is 16.5. The minimum atomic E-state index is -0.212. The summed E-state index contributed by atoms with van der Waals surface area (Å²) in [4.78, 5) is 30.9. The van der Waals surface area contributed by atoms with E-state index in [9.17, 15) is 9.59 Å². The standard InChI is InChI=1S/C18H24N4O3/c23-15-7-12(8-19-15)16(24)22-9-13-2-1-5-18(13,10-22)17-20-14(21-25-17)6-11-3-4-11/h11-13H,1-10H2,(H,19,23)/t12-,13-,18-/m1/s1. The van der Waals surface area contributed by atoms with Crippen LogP contribution in [0.3, 0.4) is 0 Å². The zero-order valence-electron chi connectivity index (χ0n) is 14.4. The van der Waals surface area contributed by atoms with Crippen molar-refractivity contribution in [2.75, 3.05) is 19.6 Å². The number of aromatic nitrogens is 2. The molecule has 2 saturated carbocycles. The van der Waals surface area contributed by atoms with Crippen molar-refractivity contribution in [3.8, 4) is 0 Å². The van der Waals surface area contributed by atoms with Gasteiger partial charge in [0.1, 0.15) is 0 Å². The van der Waals surface area contributed by atoms with Crippen LogP contribution in [0.2, 0.25) is 0 Å². The van der Waals surface area contributed by atoms with Crippen molar-refractivity contribution in [2.24, 2.45) is 17.8 Å². The number of rotatable bonds is 4. The molecule has 4 fully saturated rings. The summed E-state index contributed by atoms with van der Waals surface area (Å²) in [5.41, 5.74) is -0.166. The van der Waals surface area contributed by atoms with Gasteiger partial charge in [-0.15, -0.1) is 0 Å². The molecule has 3 atom stereocenters. The molecule has 2 amide bonds. The fourth-order valence-corrected chi connectivity index (χ4v) is 4.96. The number of amides is 2. The Balaban J connectivity index is 1.35. The van der Waals surface area contributed by atoms with E-state index in [0.717, 1.165) is 49.9 Å². The van der Waals surface area contributed by atoms with Gasteiger partial charge in [0.15, 0.2) is 5.82 Å². The number of likely N-dealkylation sites (tertiary alicyclic amines) is 1.